The second-order valence-corrected chi connectivity index (χ2v) is 10.9. The summed E-state index contributed by atoms with van der Waals surface area (Å²) in [4.78, 5) is 16.5. The highest BCUT2D eigenvalue weighted by Gasteiger charge is 2.47. The number of nitrogens with one attached hydrogen (secondary N) is 1. The molecule has 3 atom stereocenters. The van der Waals surface area contributed by atoms with Crippen molar-refractivity contribution >= 4 is 22.9 Å². The molecule has 6 rings (SSSR count). The van der Waals surface area contributed by atoms with Gasteiger partial charge >= 0.3 is 0 Å². The number of piperidine rings is 1. The summed E-state index contributed by atoms with van der Waals surface area (Å²) in [7, 11) is 1.95. The van der Waals surface area contributed by atoms with Crippen molar-refractivity contribution in [2.75, 3.05) is 25.5 Å². The van der Waals surface area contributed by atoms with Crippen LogP contribution in [0.5, 0.6) is 0 Å². The number of hydrogen-bond donors (Lipinski definition) is 1. The molecule has 0 spiro atoms. The first kappa shape index (κ1) is 21.6. The molecule has 3 aliphatic rings. The second-order valence-electron chi connectivity index (χ2n) is 10.9. The zero-order valence-corrected chi connectivity index (χ0v) is 20.3. The highest BCUT2D eigenvalue weighted by Crippen LogP contribution is 2.53. The third-order valence-electron chi connectivity index (χ3n) is 7.93. The summed E-state index contributed by atoms with van der Waals surface area (Å²) < 4.78 is 16.9. The number of anilines is 1. The number of pyridine rings is 1. The monoisotopic (exact) mass is 461 g/mol. The van der Waals surface area contributed by atoms with Gasteiger partial charge in [0.2, 0.25) is 5.95 Å². The number of fused-ring (bicyclic) bond motifs is 2. The Hall–Kier alpha value is -2.87. The standard InChI is InChI=1S/C26H32FN7/c1-16-13-25(2,17-5-6-17)23-20(29-16)8-7-19(30-23)18-9-12-34-21(18)14-28-24(32-34)31-22-10-11-33(4)15-26(22,3)27/h7-9,12,14,17,22H,5-6,10-11,13,15H2,1-4H3,(H,31,32)/t22-,25?,26?/m1/s1. The van der Waals surface area contributed by atoms with Crippen LogP contribution in [0.1, 0.15) is 52.1 Å². The molecule has 0 bridgehead atoms. The van der Waals surface area contributed by atoms with Crippen LogP contribution in [0.4, 0.5) is 16.0 Å². The summed E-state index contributed by atoms with van der Waals surface area (Å²) in [6.45, 7) is 7.36. The van der Waals surface area contributed by atoms with Crippen LogP contribution in [0.25, 0.3) is 16.8 Å². The molecule has 1 saturated heterocycles. The van der Waals surface area contributed by atoms with Crippen LogP contribution in [0.15, 0.2) is 35.6 Å². The molecule has 1 aliphatic carbocycles. The maximum Gasteiger partial charge on any atom is 0.241 e. The first-order valence-corrected chi connectivity index (χ1v) is 12.3. The number of halogens is 1. The number of hydrogen-bond acceptors (Lipinski definition) is 6. The molecule has 1 N–H and O–H groups in total. The van der Waals surface area contributed by atoms with E-state index in [0.717, 1.165) is 41.1 Å². The maximum absolute atomic E-state index is 15.1. The van der Waals surface area contributed by atoms with Crippen molar-refractivity contribution in [3.8, 4) is 11.3 Å². The Morgan fingerprint density at radius 2 is 1.97 bits per heavy atom. The van der Waals surface area contributed by atoms with Crippen molar-refractivity contribution < 1.29 is 4.39 Å². The molecular formula is C26H32FN7. The summed E-state index contributed by atoms with van der Waals surface area (Å²) in [6.07, 6.45) is 7.94. The molecule has 3 aromatic rings. The molecule has 178 valence electrons. The highest BCUT2D eigenvalue weighted by molar-refractivity contribution is 5.89. The van der Waals surface area contributed by atoms with E-state index in [1.54, 1.807) is 17.6 Å². The fourth-order valence-corrected chi connectivity index (χ4v) is 5.96. The van der Waals surface area contributed by atoms with Gasteiger partial charge in [0.25, 0.3) is 0 Å². The predicted octanol–water partition coefficient (Wildman–Crippen LogP) is 4.80. The van der Waals surface area contributed by atoms with Crippen molar-refractivity contribution in [1.29, 1.82) is 0 Å². The van der Waals surface area contributed by atoms with Gasteiger partial charge in [-0.15, -0.1) is 5.10 Å². The molecule has 2 aliphatic heterocycles. The molecule has 0 amide bonds. The minimum Gasteiger partial charge on any atom is -0.347 e. The van der Waals surface area contributed by atoms with Crippen LogP contribution in [-0.4, -0.2) is 62.0 Å². The smallest absolute Gasteiger partial charge is 0.241 e. The Bertz CT molecular complexity index is 1290. The first-order chi connectivity index (χ1) is 16.2. The van der Waals surface area contributed by atoms with E-state index < -0.39 is 5.67 Å². The van der Waals surface area contributed by atoms with E-state index in [9.17, 15) is 0 Å². The Morgan fingerprint density at radius 3 is 2.74 bits per heavy atom. The van der Waals surface area contributed by atoms with E-state index in [4.69, 9.17) is 9.98 Å². The van der Waals surface area contributed by atoms with Crippen LogP contribution in [0.3, 0.4) is 0 Å². The molecule has 0 aromatic carbocycles. The van der Waals surface area contributed by atoms with Gasteiger partial charge in [-0.05, 0) is 70.7 Å². The summed E-state index contributed by atoms with van der Waals surface area (Å²) in [5.74, 6) is 1.13. The third kappa shape index (κ3) is 3.59. The number of rotatable bonds is 4. The zero-order valence-electron chi connectivity index (χ0n) is 20.3. The van der Waals surface area contributed by atoms with E-state index >= 15 is 4.39 Å². The fraction of sp³-hybridized carbons (Fsp3) is 0.538. The molecule has 5 heterocycles. The number of aromatic nitrogens is 4. The zero-order chi connectivity index (χ0) is 23.7. The first-order valence-electron chi connectivity index (χ1n) is 12.3. The van der Waals surface area contributed by atoms with Gasteiger partial charge in [-0.2, -0.15) is 0 Å². The lowest BCUT2D eigenvalue weighted by Gasteiger charge is -2.39. The molecule has 8 heteroatoms. The van der Waals surface area contributed by atoms with Crippen molar-refractivity contribution in [2.45, 2.75) is 63.6 Å². The van der Waals surface area contributed by atoms with Crippen molar-refractivity contribution in [3.63, 3.8) is 0 Å². The minimum atomic E-state index is -1.34. The van der Waals surface area contributed by atoms with Crippen LogP contribution in [0.2, 0.25) is 0 Å². The maximum atomic E-state index is 15.1. The molecule has 2 unspecified atom stereocenters. The summed E-state index contributed by atoms with van der Waals surface area (Å²) >= 11 is 0. The van der Waals surface area contributed by atoms with Gasteiger partial charge in [-0.25, -0.2) is 18.9 Å². The van der Waals surface area contributed by atoms with Gasteiger partial charge in [0.05, 0.1) is 34.8 Å². The van der Waals surface area contributed by atoms with Crippen molar-refractivity contribution in [3.05, 3.63) is 36.3 Å². The summed E-state index contributed by atoms with van der Waals surface area (Å²) in [5.41, 5.74) is 4.80. The Balaban J connectivity index is 1.32. The largest absolute Gasteiger partial charge is 0.347 e. The van der Waals surface area contributed by atoms with Crippen LogP contribution in [-0.2, 0) is 5.41 Å². The molecule has 7 nitrogen and oxygen atoms in total. The number of alkyl halides is 1. The van der Waals surface area contributed by atoms with Gasteiger partial charge in [0.15, 0.2) is 0 Å². The lowest BCUT2D eigenvalue weighted by Crippen LogP contribution is -2.54. The van der Waals surface area contributed by atoms with Crippen molar-refractivity contribution in [2.24, 2.45) is 10.9 Å². The molecule has 34 heavy (non-hydrogen) atoms. The number of nitrogens with zero attached hydrogens (tertiary/aromatic N) is 6. The predicted molar refractivity (Wildman–Crippen MR) is 133 cm³/mol. The molecule has 1 saturated carbocycles. The number of likely N-dealkylation sites (tertiary alicyclic amines) is 1. The molecule has 3 aromatic heterocycles. The summed E-state index contributed by atoms with van der Waals surface area (Å²) in [5, 5.41) is 7.86. The van der Waals surface area contributed by atoms with E-state index in [1.807, 2.05) is 30.3 Å². The molecular weight excluding hydrogens is 429 g/mol. The van der Waals surface area contributed by atoms with Crippen LogP contribution >= 0.6 is 0 Å². The third-order valence-corrected chi connectivity index (χ3v) is 7.93. The van der Waals surface area contributed by atoms with Gasteiger partial charge in [0.1, 0.15) is 5.67 Å². The summed E-state index contributed by atoms with van der Waals surface area (Å²) in [6, 6.07) is 5.86. The van der Waals surface area contributed by atoms with E-state index in [-0.39, 0.29) is 11.5 Å². The Morgan fingerprint density at radius 1 is 1.15 bits per heavy atom. The highest BCUT2D eigenvalue weighted by atomic mass is 19.1. The van der Waals surface area contributed by atoms with Gasteiger partial charge < -0.3 is 10.2 Å². The van der Waals surface area contributed by atoms with Gasteiger partial charge in [0, 0.05) is 36.0 Å². The topological polar surface area (TPSA) is 70.7 Å². The van der Waals surface area contributed by atoms with Crippen LogP contribution in [0, 0.1) is 5.92 Å². The lowest BCUT2D eigenvalue weighted by molar-refractivity contribution is 0.0619. The lowest BCUT2D eigenvalue weighted by atomic mass is 9.74. The van der Waals surface area contributed by atoms with Gasteiger partial charge in [-0.3, -0.25) is 4.99 Å². The SMILES string of the molecule is CC1=Nc2ccc(-c3ccn4nc(N[C@@H]5CCN(C)CC5(C)F)ncc34)nc2C(C)(C2CC2)C1. The fourth-order valence-electron chi connectivity index (χ4n) is 5.96. The molecule has 0 radical (unpaired) electrons. The molecule has 2 fully saturated rings. The second kappa shape index (κ2) is 7.57. The normalized spacial score (nSPS) is 29.7. The number of aliphatic imine (C=N–C) groups is 1. The average molecular weight is 462 g/mol. The quantitative estimate of drug-likeness (QED) is 0.604. The van der Waals surface area contributed by atoms with E-state index in [2.05, 4.69) is 35.3 Å². The minimum absolute atomic E-state index is 0.0490. The van der Waals surface area contributed by atoms with Gasteiger partial charge in [-0.1, -0.05) is 6.92 Å². The van der Waals surface area contributed by atoms with Crippen LogP contribution < -0.4 is 5.32 Å². The average Bonchev–Trinajstić information content (AvgIpc) is 3.56. The van der Waals surface area contributed by atoms with Crippen molar-refractivity contribution in [1.82, 2.24) is 24.5 Å². The Kier molecular flexibility index (Phi) is 4.82. The van der Waals surface area contributed by atoms with E-state index in [0.29, 0.717) is 24.8 Å². The van der Waals surface area contributed by atoms with E-state index in [1.165, 1.54) is 18.6 Å². The Labute approximate surface area is 199 Å².